The molecule has 1 aliphatic rings. The van der Waals surface area contributed by atoms with Gasteiger partial charge in [-0.1, -0.05) is 60.1 Å². The van der Waals surface area contributed by atoms with E-state index in [4.69, 9.17) is 26.8 Å². The molecule has 0 bridgehead atoms. The van der Waals surface area contributed by atoms with Gasteiger partial charge >= 0.3 is 6.03 Å². The van der Waals surface area contributed by atoms with Crippen LogP contribution in [0.2, 0.25) is 5.02 Å². The molecule has 5 rings (SSSR count). The average Bonchev–Trinajstić information content (AvgIpc) is 2.95. The number of nitrogens with one attached hydrogen (secondary N) is 1. The number of amides is 2. The maximum atomic E-state index is 12.9. The Balaban J connectivity index is 1.38. The van der Waals surface area contributed by atoms with Gasteiger partial charge in [0.05, 0.1) is 11.6 Å². The van der Waals surface area contributed by atoms with Crippen molar-refractivity contribution < 1.29 is 4.79 Å². The highest BCUT2D eigenvalue weighted by Gasteiger charge is 2.25. The fraction of sp³-hybridized carbons (Fsp3) is 0.200. The van der Waals surface area contributed by atoms with Crippen LogP contribution in [0, 0.1) is 18.3 Å². The Morgan fingerprint density at radius 3 is 2.42 bits per heavy atom. The number of hydrogen-bond acceptors (Lipinski definition) is 5. The Morgan fingerprint density at radius 1 is 0.974 bits per heavy atom. The summed E-state index contributed by atoms with van der Waals surface area (Å²) in [5, 5.41) is 12.7. The number of carbonyl (C=O) groups is 1. The van der Waals surface area contributed by atoms with Crippen LogP contribution in [0.1, 0.15) is 22.4 Å². The first-order valence-electron chi connectivity index (χ1n) is 12.5. The predicted molar refractivity (Wildman–Crippen MR) is 150 cm³/mol. The van der Waals surface area contributed by atoms with E-state index in [1.165, 1.54) is 0 Å². The fourth-order valence-corrected chi connectivity index (χ4v) is 4.69. The number of nitrogens with zero attached hydrogens (tertiary/aromatic N) is 5. The first-order chi connectivity index (χ1) is 18.5. The quantitative estimate of drug-likeness (QED) is 0.351. The van der Waals surface area contributed by atoms with Gasteiger partial charge in [-0.3, -0.25) is 0 Å². The van der Waals surface area contributed by atoms with Crippen molar-refractivity contribution in [3.8, 4) is 17.5 Å². The molecule has 38 heavy (non-hydrogen) atoms. The largest absolute Gasteiger partial charge is 0.353 e. The lowest BCUT2D eigenvalue weighted by Crippen LogP contribution is -2.50. The minimum Gasteiger partial charge on any atom is -0.353 e. The molecule has 1 saturated heterocycles. The van der Waals surface area contributed by atoms with Crippen molar-refractivity contribution in [3.63, 3.8) is 0 Å². The summed E-state index contributed by atoms with van der Waals surface area (Å²) in [5.74, 6) is 1.59. The molecule has 0 unspecified atom stereocenters. The lowest BCUT2D eigenvalue weighted by Gasteiger charge is -2.36. The minimum atomic E-state index is -0.176. The van der Waals surface area contributed by atoms with E-state index in [0.717, 1.165) is 28.2 Å². The van der Waals surface area contributed by atoms with Gasteiger partial charge in [-0.15, -0.1) is 0 Å². The van der Waals surface area contributed by atoms with Crippen molar-refractivity contribution in [1.82, 2.24) is 14.9 Å². The highest BCUT2D eigenvalue weighted by molar-refractivity contribution is 6.30. The molecular weight excluding hydrogens is 496 g/mol. The summed E-state index contributed by atoms with van der Waals surface area (Å²) in [4.78, 5) is 26.8. The molecule has 0 saturated carbocycles. The lowest BCUT2D eigenvalue weighted by molar-refractivity contribution is 0.208. The number of aryl methyl sites for hydroxylation is 1. The van der Waals surface area contributed by atoms with Gasteiger partial charge in [-0.2, -0.15) is 5.26 Å². The highest BCUT2D eigenvalue weighted by Crippen LogP contribution is 2.29. The molecular formula is C30H27ClN6O. The summed E-state index contributed by atoms with van der Waals surface area (Å²) in [7, 11) is 0. The van der Waals surface area contributed by atoms with Crippen LogP contribution >= 0.6 is 11.6 Å². The van der Waals surface area contributed by atoms with Crippen LogP contribution < -0.4 is 10.2 Å². The molecule has 2 heterocycles. The number of urea groups is 1. The number of piperazine rings is 1. The Hall–Kier alpha value is -4.41. The average molecular weight is 523 g/mol. The molecule has 1 N–H and O–H groups in total. The van der Waals surface area contributed by atoms with E-state index < -0.39 is 0 Å². The van der Waals surface area contributed by atoms with E-state index in [0.29, 0.717) is 54.7 Å². The summed E-state index contributed by atoms with van der Waals surface area (Å²) in [6, 6.07) is 26.7. The van der Waals surface area contributed by atoms with Gasteiger partial charge in [0.2, 0.25) is 0 Å². The van der Waals surface area contributed by atoms with E-state index in [9.17, 15) is 4.79 Å². The first-order valence-corrected chi connectivity index (χ1v) is 12.9. The minimum absolute atomic E-state index is 0.176. The number of benzene rings is 3. The van der Waals surface area contributed by atoms with Gasteiger partial charge in [-0.05, 0) is 42.8 Å². The zero-order valence-electron chi connectivity index (χ0n) is 21.1. The van der Waals surface area contributed by atoms with Crippen LogP contribution in [-0.4, -0.2) is 47.1 Å². The maximum Gasteiger partial charge on any atom is 0.321 e. The van der Waals surface area contributed by atoms with E-state index in [1.807, 2.05) is 61.5 Å². The van der Waals surface area contributed by atoms with Crippen molar-refractivity contribution in [2.24, 2.45) is 0 Å². The van der Waals surface area contributed by atoms with Crippen molar-refractivity contribution in [2.45, 2.75) is 13.3 Å². The van der Waals surface area contributed by atoms with Crippen LogP contribution in [0.4, 0.5) is 16.3 Å². The fourth-order valence-electron chi connectivity index (χ4n) is 4.56. The maximum absolute atomic E-state index is 12.9. The van der Waals surface area contributed by atoms with Crippen LogP contribution in [0.15, 0.2) is 78.9 Å². The van der Waals surface area contributed by atoms with E-state index in [1.54, 1.807) is 29.2 Å². The molecule has 2 amide bonds. The number of aromatic nitrogens is 2. The van der Waals surface area contributed by atoms with Crippen LogP contribution in [0.3, 0.4) is 0 Å². The van der Waals surface area contributed by atoms with E-state index in [-0.39, 0.29) is 6.03 Å². The Kier molecular flexibility index (Phi) is 7.52. The zero-order valence-corrected chi connectivity index (χ0v) is 21.8. The second kappa shape index (κ2) is 11.3. The normalized spacial score (nSPS) is 13.2. The second-order valence-corrected chi connectivity index (χ2v) is 9.64. The molecule has 1 fully saturated rings. The third-order valence-electron chi connectivity index (χ3n) is 6.63. The molecule has 7 nitrogen and oxygen atoms in total. The predicted octanol–water partition coefficient (Wildman–Crippen LogP) is 5.92. The monoisotopic (exact) mass is 522 g/mol. The van der Waals surface area contributed by atoms with Crippen molar-refractivity contribution >= 4 is 29.1 Å². The van der Waals surface area contributed by atoms with Gasteiger partial charge in [-0.25, -0.2) is 14.8 Å². The smallest absolute Gasteiger partial charge is 0.321 e. The molecule has 3 aromatic carbocycles. The highest BCUT2D eigenvalue weighted by atomic mass is 35.5. The molecule has 190 valence electrons. The number of rotatable bonds is 5. The van der Waals surface area contributed by atoms with E-state index >= 15 is 0 Å². The Bertz CT molecular complexity index is 1480. The zero-order chi connectivity index (χ0) is 26.5. The number of hydrogen-bond donors (Lipinski definition) is 1. The van der Waals surface area contributed by atoms with Crippen molar-refractivity contribution in [2.75, 3.05) is 36.4 Å². The molecule has 0 spiro atoms. The summed E-state index contributed by atoms with van der Waals surface area (Å²) in [6.07, 6.45) is 0.684. The molecule has 1 aromatic heterocycles. The van der Waals surface area contributed by atoms with Gasteiger partial charge in [0.15, 0.2) is 5.82 Å². The molecule has 0 atom stereocenters. The molecule has 8 heteroatoms. The SMILES string of the molecule is Cc1nc(-c2ccccc2)nc(N2CCN(C(=O)Nc3cccc(C#N)c3)CC2)c1Cc1ccc(Cl)cc1. The lowest BCUT2D eigenvalue weighted by atomic mass is 10.0. The summed E-state index contributed by atoms with van der Waals surface area (Å²) in [6.45, 7) is 4.41. The van der Waals surface area contributed by atoms with E-state index in [2.05, 4.69) is 16.3 Å². The third kappa shape index (κ3) is 5.77. The standard InChI is InChI=1S/C30H27ClN6O/c1-21-27(19-22-10-12-25(31)13-11-22)29(35-28(33-21)24-7-3-2-4-8-24)36-14-16-37(17-15-36)30(38)34-26-9-5-6-23(18-26)20-32/h2-13,18H,14-17,19H2,1H3,(H,34,38). The number of anilines is 2. The number of halogens is 1. The summed E-state index contributed by atoms with van der Waals surface area (Å²) >= 11 is 6.11. The van der Waals surface area contributed by atoms with Gasteiger partial charge < -0.3 is 15.1 Å². The first kappa shape index (κ1) is 25.2. The molecule has 0 aliphatic carbocycles. The Morgan fingerprint density at radius 2 is 1.71 bits per heavy atom. The van der Waals surface area contributed by atoms with Crippen molar-refractivity contribution in [3.05, 3.63) is 106 Å². The van der Waals surface area contributed by atoms with Gasteiger partial charge in [0, 0.05) is 60.1 Å². The topological polar surface area (TPSA) is 85.2 Å². The molecule has 4 aromatic rings. The second-order valence-electron chi connectivity index (χ2n) is 9.20. The molecule has 0 radical (unpaired) electrons. The van der Waals surface area contributed by atoms with Crippen molar-refractivity contribution in [1.29, 1.82) is 5.26 Å². The summed E-state index contributed by atoms with van der Waals surface area (Å²) < 4.78 is 0. The summed E-state index contributed by atoms with van der Waals surface area (Å²) in [5.41, 5.74) is 5.22. The van der Waals surface area contributed by atoms with Crippen LogP contribution in [-0.2, 0) is 6.42 Å². The van der Waals surface area contributed by atoms with Crippen LogP contribution in [0.5, 0.6) is 0 Å². The van der Waals surface area contributed by atoms with Crippen LogP contribution in [0.25, 0.3) is 11.4 Å². The van der Waals surface area contributed by atoms with Gasteiger partial charge in [0.25, 0.3) is 0 Å². The third-order valence-corrected chi connectivity index (χ3v) is 6.88. The number of carbonyl (C=O) groups excluding carboxylic acids is 1. The molecule has 1 aliphatic heterocycles. The van der Waals surface area contributed by atoms with Gasteiger partial charge in [0.1, 0.15) is 5.82 Å². The number of nitriles is 1. The Labute approximate surface area is 227 Å².